The molecule has 1 N–H and O–H groups in total. The Kier molecular flexibility index (Phi) is 6.67. The van der Waals surface area contributed by atoms with E-state index in [0.717, 1.165) is 13.0 Å². The van der Waals surface area contributed by atoms with Crippen LogP contribution in [0, 0.1) is 0 Å². The molecule has 1 aromatic rings. The van der Waals surface area contributed by atoms with E-state index in [0.29, 0.717) is 13.2 Å². The molecule has 106 valence electrons. The Bertz CT molecular complexity index is 399. The summed E-state index contributed by atoms with van der Waals surface area (Å²) in [5.41, 5.74) is 0. The van der Waals surface area contributed by atoms with Crippen molar-refractivity contribution in [2.24, 2.45) is 4.99 Å². The first-order chi connectivity index (χ1) is 9.13. The summed E-state index contributed by atoms with van der Waals surface area (Å²) >= 11 is 0. The lowest BCUT2D eigenvalue weighted by Gasteiger charge is -2.10. The van der Waals surface area contributed by atoms with E-state index < -0.39 is 0 Å². The number of nitrogens with zero attached hydrogens (tertiary/aromatic N) is 2. The Labute approximate surface area is 113 Å². The van der Waals surface area contributed by atoms with Gasteiger partial charge in [0.1, 0.15) is 0 Å². The second-order valence-corrected chi connectivity index (χ2v) is 4.27. The Morgan fingerprint density at radius 2 is 2.32 bits per heavy atom. The number of likely N-dealkylation sites (N-methyl/N-ethyl adjacent to an activating group) is 1. The Morgan fingerprint density at radius 1 is 1.53 bits per heavy atom. The Morgan fingerprint density at radius 3 is 2.89 bits per heavy atom. The Balaban J connectivity index is 2.55. The molecule has 0 saturated heterocycles. The zero-order valence-corrected chi connectivity index (χ0v) is 11.7. The summed E-state index contributed by atoms with van der Waals surface area (Å²) in [6.45, 7) is 3.85. The monoisotopic (exact) mass is 267 g/mol. The maximum Gasteiger partial charge on any atom is 0.294 e. The first-order valence-corrected chi connectivity index (χ1v) is 6.30. The fourth-order valence-electron chi connectivity index (χ4n) is 1.24. The number of nitrogens with one attached hydrogen (secondary N) is 1. The fourth-order valence-corrected chi connectivity index (χ4v) is 1.24. The van der Waals surface area contributed by atoms with Crippen molar-refractivity contribution in [3.05, 3.63) is 24.2 Å². The molecule has 0 aliphatic heterocycles. The minimum atomic E-state index is -0.357. The van der Waals surface area contributed by atoms with Crippen LogP contribution in [0.4, 0.5) is 0 Å². The molecule has 1 rings (SSSR count). The molecule has 0 bridgehead atoms. The quantitative estimate of drug-likeness (QED) is 0.624. The summed E-state index contributed by atoms with van der Waals surface area (Å²) in [7, 11) is 3.92. The molecule has 0 spiro atoms. The van der Waals surface area contributed by atoms with Gasteiger partial charge in [-0.3, -0.25) is 10.1 Å². The zero-order valence-electron chi connectivity index (χ0n) is 11.7. The number of aliphatic imine (C=N–C) groups is 1. The van der Waals surface area contributed by atoms with Crippen LogP contribution >= 0.6 is 0 Å². The van der Waals surface area contributed by atoms with E-state index in [1.807, 2.05) is 25.9 Å². The molecule has 0 atom stereocenters. The predicted molar refractivity (Wildman–Crippen MR) is 73.3 cm³/mol. The van der Waals surface area contributed by atoms with Gasteiger partial charge in [0.2, 0.25) is 0 Å². The summed E-state index contributed by atoms with van der Waals surface area (Å²) in [6, 6.07) is 3.49. The van der Waals surface area contributed by atoms with Crippen LogP contribution in [0.3, 0.4) is 0 Å². The van der Waals surface area contributed by atoms with Crippen LogP contribution < -0.4 is 5.32 Å². The van der Waals surface area contributed by atoms with Gasteiger partial charge in [0.05, 0.1) is 19.4 Å². The molecule has 0 radical (unpaired) electrons. The van der Waals surface area contributed by atoms with E-state index in [9.17, 15) is 4.79 Å². The predicted octanol–water partition coefficient (Wildman–Crippen LogP) is 1.35. The van der Waals surface area contributed by atoms with E-state index in [2.05, 4.69) is 10.3 Å². The number of carbonyl (C=O) groups is 1. The molecular weight excluding hydrogens is 246 g/mol. The summed E-state index contributed by atoms with van der Waals surface area (Å²) in [6.07, 6.45) is 2.30. The van der Waals surface area contributed by atoms with Crippen LogP contribution in [-0.4, -0.2) is 50.6 Å². The van der Waals surface area contributed by atoms with Crippen molar-refractivity contribution < 1.29 is 13.9 Å². The molecule has 1 amide bonds. The van der Waals surface area contributed by atoms with Gasteiger partial charge in [0.25, 0.3) is 11.9 Å². The standard InChI is InChI=1S/C13H21N3O3/c1-4-9-19-13(14-7-8-16(2)3)15-12(17)11-6-5-10-18-11/h5-6,10H,4,7-9H2,1-3H3,(H,14,15,17). The summed E-state index contributed by atoms with van der Waals surface area (Å²) in [5.74, 6) is -0.120. The highest BCUT2D eigenvalue weighted by molar-refractivity contribution is 6.02. The number of ether oxygens (including phenoxy) is 1. The number of furan rings is 1. The first-order valence-electron chi connectivity index (χ1n) is 6.30. The van der Waals surface area contributed by atoms with Crippen LogP contribution in [0.1, 0.15) is 23.9 Å². The molecule has 6 heteroatoms. The van der Waals surface area contributed by atoms with Crippen LogP contribution in [-0.2, 0) is 4.74 Å². The van der Waals surface area contributed by atoms with Crippen molar-refractivity contribution in [3.8, 4) is 0 Å². The lowest BCUT2D eigenvalue weighted by Crippen LogP contribution is -2.33. The van der Waals surface area contributed by atoms with Gasteiger partial charge in [-0.1, -0.05) is 6.92 Å². The molecule has 0 unspecified atom stereocenters. The number of carbonyl (C=O) groups excluding carboxylic acids is 1. The largest absolute Gasteiger partial charge is 0.465 e. The number of rotatable bonds is 6. The smallest absolute Gasteiger partial charge is 0.294 e. The van der Waals surface area contributed by atoms with Gasteiger partial charge in [0, 0.05) is 6.54 Å². The maximum atomic E-state index is 11.8. The van der Waals surface area contributed by atoms with E-state index in [1.165, 1.54) is 6.26 Å². The number of hydrogen-bond donors (Lipinski definition) is 1. The SMILES string of the molecule is CCCOC(=NCCN(C)C)NC(=O)c1ccco1. The van der Waals surface area contributed by atoms with Crippen LogP contribution in [0.15, 0.2) is 27.8 Å². The van der Waals surface area contributed by atoms with Gasteiger partial charge >= 0.3 is 0 Å². The third-order valence-corrected chi connectivity index (χ3v) is 2.21. The fraction of sp³-hybridized carbons (Fsp3) is 0.538. The van der Waals surface area contributed by atoms with Crippen LogP contribution in [0.5, 0.6) is 0 Å². The van der Waals surface area contributed by atoms with Crippen molar-refractivity contribution in [1.82, 2.24) is 10.2 Å². The molecule has 0 aliphatic rings. The van der Waals surface area contributed by atoms with Crippen molar-refractivity contribution in [3.63, 3.8) is 0 Å². The van der Waals surface area contributed by atoms with Crippen molar-refractivity contribution >= 4 is 11.9 Å². The third kappa shape index (κ3) is 6.05. The molecule has 19 heavy (non-hydrogen) atoms. The number of hydrogen-bond acceptors (Lipinski definition) is 5. The Hall–Kier alpha value is -1.82. The van der Waals surface area contributed by atoms with Crippen molar-refractivity contribution in [2.45, 2.75) is 13.3 Å². The minimum absolute atomic E-state index is 0.236. The molecule has 0 aliphatic carbocycles. The van der Waals surface area contributed by atoms with Crippen LogP contribution in [0.2, 0.25) is 0 Å². The highest BCUT2D eigenvalue weighted by Crippen LogP contribution is 1.99. The number of amides is 1. The van der Waals surface area contributed by atoms with E-state index >= 15 is 0 Å². The number of amidine groups is 1. The molecule has 0 saturated carbocycles. The van der Waals surface area contributed by atoms with E-state index in [1.54, 1.807) is 12.1 Å². The summed E-state index contributed by atoms with van der Waals surface area (Å²) < 4.78 is 10.4. The highest BCUT2D eigenvalue weighted by atomic mass is 16.5. The lowest BCUT2D eigenvalue weighted by atomic mass is 10.4. The molecular formula is C13H21N3O3. The van der Waals surface area contributed by atoms with Gasteiger partial charge in [0.15, 0.2) is 5.76 Å². The molecule has 0 aromatic carbocycles. The summed E-state index contributed by atoms with van der Waals surface area (Å²) in [4.78, 5) is 18.0. The van der Waals surface area contributed by atoms with Gasteiger partial charge in [-0.25, -0.2) is 4.99 Å². The van der Waals surface area contributed by atoms with Gasteiger partial charge in [-0.2, -0.15) is 0 Å². The normalized spacial score (nSPS) is 11.7. The summed E-state index contributed by atoms with van der Waals surface area (Å²) in [5, 5.41) is 2.60. The third-order valence-electron chi connectivity index (χ3n) is 2.21. The molecule has 1 heterocycles. The zero-order chi connectivity index (χ0) is 14.1. The molecule has 1 aromatic heterocycles. The topological polar surface area (TPSA) is 67.1 Å². The minimum Gasteiger partial charge on any atom is -0.465 e. The molecule has 0 fully saturated rings. The van der Waals surface area contributed by atoms with Crippen LogP contribution in [0.25, 0.3) is 0 Å². The van der Waals surface area contributed by atoms with E-state index in [4.69, 9.17) is 9.15 Å². The first kappa shape index (κ1) is 15.2. The maximum absolute atomic E-state index is 11.8. The second-order valence-electron chi connectivity index (χ2n) is 4.27. The molecule has 6 nitrogen and oxygen atoms in total. The highest BCUT2D eigenvalue weighted by Gasteiger charge is 2.12. The van der Waals surface area contributed by atoms with Gasteiger partial charge in [-0.05, 0) is 32.6 Å². The lowest BCUT2D eigenvalue weighted by molar-refractivity contribution is 0.0938. The van der Waals surface area contributed by atoms with Gasteiger partial charge < -0.3 is 14.1 Å². The van der Waals surface area contributed by atoms with Gasteiger partial charge in [-0.15, -0.1) is 0 Å². The van der Waals surface area contributed by atoms with Crippen molar-refractivity contribution in [2.75, 3.05) is 33.8 Å². The van der Waals surface area contributed by atoms with E-state index in [-0.39, 0.29) is 17.7 Å². The second kappa shape index (κ2) is 8.31. The van der Waals surface area contributed by atoms with Crippen molar-refractivity contribution in [1.29, 1.82) is 0 Å². The average molecular weight is 267 g/mol. The average Bonchev–Trinajstić information content (AvgIpc) is 2.89.